The highest BCUT2D eigenvalue weighted by Gasteiger charge is 2.18. The van der Waals surface area contributed by atoms with Gasteiger partial charge in [0.1, 0.15) is 5.56 Å². The molecule has 1 aromatic heterocycles. The number of pyridine rings is 1. The van der Waals surface area contributed by atoms with Gasteiger partial charge in [-0.2, -0.15) is 0 Å². The molecule has 2 rings (SSSR count). The van der Waals surface area contributed by atoms with Gasteiger partial charge in [-0.3, -0.25) is 9.59 Å². The largest absolute Gasteiger partial charge is 0.348 e. The maximum Gasteiger partial charge on any atom is 0.260 e. The number of H-pyrrole nitrogens is 1. The van der Waals surface area contributed by atoms with Crippen molar-refractivity contribution in [2.75, 3.05) is 13.1 Å². The maximum absolute atomic E-state index is 11.8. The molecular weight excluding hydrogens is 206 g/mol. The summed E-state index contributed by atoms with van der Waals surface area (Å²) in [6, 6.07) is 3.42. The van der Waals surface area contributed by atoms with Gasteiger partial charge in [0.05, 0.1) is 0 Å². The Morgan fingerprint density at radius 1 is 1.50 bits per heavy atom. The number of hydrogen-bond acceptors (Lipinski definition) is 3. The molecule has 0 saturated carbocycles. The van der Waals surface area contributed by atoms with Gasteiger partial charge in [0.15, 0.2) is 0 Å². The molecule has 2 heterocycles. The Kier molecular flexibility index (Phi) is 3.05. The normalized spacial score (nSPS) is 19.7. The van der Waals surface area contributed by atoms with Crippen molar-refractivity contribution >= 4 is 5.91 Å². The van der Waals surface area contributed by atoms with E-state index in [0.29, 0.717) is 0 Å². The van der Waals surface area contributed by atoms with E-state index in [4.69, 9.17) is 0 Å². The van der Waals surface area contributed by atoms with Crippen LogP contribution in [0.15, 0.2) is 16.9 Å². The van der Waals surface area contributed by atoms with Crippen LogP contribution in [-0.4, -0.2) is 30.0 Å². The Labute approximate surface area is 93.3 Å². The fourth-order valence-corrected chi connectivity index (χ4v) is 1.79. The van der Waals surface area contributed by atoms with Gasteiger partial charge in [-0.15, -0.1) is 0 Å². The Balaban J connectivity index is 2.11. The summed E-state index contributed by atoms with van der Waals surface area (Å²) in [5.74, 6) is -0.296. The minimum atomic E-state index is -0.330. The molecule has 0 aromatic carbocycles. The first-order valence-electron chi connectivity index (χ1n) is 5.38. The molecule has 3 N–H and O–H groups in total. The van der Waals surface area contributed by atoms with E-state index >= 15 is 0 Å². The van der Waals surface area contributed by atoms with Crippen LogP contribution in [0.2, 0.25) is 0 Å². The number of rotatable bonds is 2. The van der Waals surface area contributed by atoms with Crippen LogP contribution in [0.5, 0.6) is 0 Å². The fourth-order valence-electron chi connectivity index (χ4n) is 1.79. The molecule has 86 valence electrons. The highest BCUT2D eigenvalue weighted by molar-refractivity contribution is 5.94. The second-order valence-corrected chi connectivity index (χ2v) is 4.05. The minimum absolute atomic E-state index is 0.133. The molecule has 1 saturated heterocycles. The topological polar surface area (TPSA) is 74.0 Å². The average molecular weight is 221 g/mol. The van der Waals surface area contributed by atoms with Gasteiger partial charge in [0.2, 0.25) is 0 Å². The van der Waals surface area contributed by atoms with Crippen LogP contribution in [0.25, 0.3) is 0 Å². The molecule has 1 aliphatic heterocycles. The first kappa shape index (κ1) is 10.9. The van der Waals surface area contributed by atoms with Gasteiger partial charge in [0, 0.05) is 18.3 Å². The molecule has 0 aliphatic carbocycles. The lowest BCUT2D eigenvalue weighted by atomic mass is 10.2. The van der Waals surface area contributed by atoms with Crippen molar-refractivity contribution in [3.8, 4) is 0 Å². The first-order chi connectivity index (χ1) is 7.66. The third-order valence-electron chi connectivity index (χ3n) is 2.70. The van der Waals surface area contributed by atoms with Crippen molar-refractivity contribution in [3.05, 3.63) is 33.7 Å². The number of hydrogen-bond donors (Lipinski definition) is 3. The van der Waals surface area contributed by atoms with Crippen molar-refractivity contribution in [2.24, 2.45) is 0 Å². The summed E-state index contributed by atoms with van der Waals surface area (Å²) in [6.45, 7) is 3.47. The second-order valence-electron chi connectivity index (χ2n) is 4.05. The monoisotopic (exact) mass is 221 g/mol. The average Bonchev–Trinajstić information content (AvgIpc) is 2.70. The van der Waals surface area contributed by atoms with Crippen molar-refractivity contribution in [3.63, 3.8) is 0 Å². The quantitative estimate of drug-likeness (QED) is 0.646. The van der Waals surface area contributed by atoms with Gasteiger partial charge in [-0.05, 0) is 32.0 Å². The molecule has 1 atom stereocenters. The molecule has 0 spiro atoms. The smallest absolute Gasteiger partial charge is 0.260 e. The maximum atomic E-state index is 11.8. The molecule has 0 bridgehead atoms. The number of amides is 1. The van der Waals surface area contributed by atoms with E-state index in [1.54, 1.807) is 19.1 Å². The lowest BCUT2D eigenvalue weighted by molar-refractivity contribution is 0.0938. The van der Waals surface area contributed by atoms with Gasteiger partial charge in [-0.25, -0.2) is 0 Å². The number of aromatic amines is 1. The van der Waals surface area contributed by atoms with E-state index in [2.05, 4.69) is 15.6 Å². The summed E-state index contributed by atoms with van der Waals surface area (Å²) in [4.78, 5) is 25.9. The molecule has 1 aliphatic rings. The molecule has 5 nitrogen and oxygen atoms in total. The highest BCUT2D eigenvalue weighted by Crippen LogP contribution is 1.99. The van der Waals surface area contributed by atoms with Crippen molar-refractivity contribution in [1.29, 1.82) is 0 Å². The summed E-state index contributed by atoms with van der Waals surface area (Å²) in [5, 5.41) is 5.99. The van der Waals surface area contributed by atoms with Gasteiger partial charge in [-0.1, -0.05) is 0 Å². The second kappa shape index (κ2) is 4.49. The summed E-state index contributed by atoms with van der Waals surface area (Å²) in [6.07, 6.45) is 0.912. The zero-order valence-electron chi connectivity index (χ0n) is 9.17. The summed E-state index contributed by atoms with van der Waals surface area (Å²) >= 11 is 0. The van der Waals surface area contributed by atoms with Crippen molar-refractivity contribution < 1.29 is 4.79 Å². The molecule has 1 unspecified atom stereocenters. The first-order valence-corrected chi connectivity index (χ1v) is 5.38. The highest BCUT2D eigenvalue weighted by atomic mass is 16.2. The van der Waals surface area contributed by atoms with Crippen LogP contribution < -0.4 is 16.2 Å². The fraction of sp³-hybridized carbons (Fsp3) is 0.455. The SMILES string of the molecule is Cc1ccc(C(=O)NC2CCNC2)c(=O)[nH]1. The van der Waals surface area contributed by atoms with Crippen LogP contribution in [0, 0.1) is 6.92 Å². The van der Waals surface area contributed by atoms with E-state index in [-0.39, 0.29) is 23.1 Å². The van der Waals surface area contributed by atoms with E-state index < -0.39 is 0 Å². The zero-order valence-corrected chi connectivity index (χ0v) is 9.17. The Bertz CT molecular complexity index is 447. The third kappa shape index (κ3) is 2.30. The molecule has 1 aromatic rings. The van der Waals surface area contributed by atoms with Crippen LogP contribution in [-0.2, 0) is 0 Å². The number of carbonyl (C=O) groups excluding carboxylic acids is 1. The van der Waals surface area contributed by atoms with Crippen molar-refractivity contribution in [1.82, 2.24) is 15.6 Å². The van der Waals surface area contributed by atoms with Crippen LogP contribution in [0.3, 0.4) is 0 Å². The number of aromatic nitrogens is 1. The summed E-state index contributed by atoms with van der Waals surface area (Å²) in [7, 11) is 0. The predicted octanol–water partition coefficient (Wildman–Crippen LogP) is -0.225. The molecule has 5 heteroatoms. The van der Waals surface area contributed by atoms with Gasteiger partial charge in [0.25, 0.3) is 11.5 Å². The lowest BCUT2D eigenvalue weighted by Crippen LogP contribution is -2.38. The molecule has 1 amide bonds. The van der Waals surface area contributed by atoms with Crippen LogP contribution >= 0.6 is 0 Å². The molecule has 1 fully saturated rings. The van der Waals surface area contributed by atoms with Gasteiger partial charge < -0.3 is 15.6 Å². The zero-order chi connectivity index (χ0) is 11.5. The minimum Gasteiger partial charge on any atom is -0.348 e. The molecule has 0 radical (unpaired) electrons. The third-order valence-corrected chi connectivity index (χ3v) is 2.70. The standard InChI is InChI=1S/C11H15N3O2/c1-7-2-3-9(10(15)13-7)11(16)14-8-4-5-12-6-8/h2-3,8,12H,4-6H2,1H3,(H,13,15)(H,14,16). The van der Waals surface area contributed by atoms with Gasteiger partial charge >= 0.3 is 0 Å². The Morgan fingerprint density at radius 3 is 2.94 bits per heavy atom. The lowest BCUT2D eigenvalue weighted by Gasteiger charge is -2.10. The van der Waals surface area contributed by atoms with Crippen molar-refractivity contribution in [2.45, 2.75) is 19.4 Å². The van der Waals surface area contributed by atoms with E-state index in [1.807, 2.05) is 0 Å². The van der Waals surface area contributed by atoms with E-state index in [1.165, 1.54) is 0 Å². The molecular formula is C11H15N3O2. The number of aryl methyl sites for hydroxylation is 1. The number of carbonyl (C=O) groups is 1. The van der Waals surface area contributed by atoms with Crippen LogP contribution in [0.1, 0.15) is 22.5 Å². The van der Waals surface area contributed by atoms with E-state index in [9.17, 15) is 9.59 Å². The summed E-state index contributed by atoms with van der Waals surface area (Å²) in [5.41, 5.74) is 0.602. The Morgan fingerprint density at radius 2 is 2.31 bits per heavy atom. The number of nitrogens with one attached hydrogen (secondary N) is 3. The Hall–Kier alpha value is -1.62. The predicted molar refractivity (Wildman–Crippen MR) is 60.5 cm³/mol. The van der Waals surface area contributed by atoms with E-state index in [0.717, 1.165) is 25.2 Å². The molecule has 16 heavy (non-hydrogen) atoms. The summed E-state index contributed by atoms with van der Waals surface area (Å²) < 4.78 is 0. The van der Waals surface area contributed by atoms with Crippen LogP contribution in [0.4, 0.5) is 0 Å².